The fraction of sp³-hybridized carbons (Fsp3) is 1.00. The van der Waals surface area contributed by atoms with E-state index in [2.05, 4.69) is 12.2 Å². The SMILES string of the molecule is CC1(NCC2(O)CCCCC2)CCCOC1. The van der Waals surface area contributed by atoms with Crippen molar-refractivity contribution in [1.29, 1.82) is 0 Å². The van der Waals surface area contributed by atoms with Crippen molar-refractivity contribution in [2.24, 2.45) is 0 Å². The number of hydrogen-bond acceptors (Lipinski definition) is 3. The third-order valence-electron chi connectivity index (χ3n) is 4.07. The van der Waals surface area contributed by atoms with Crippen molar-refractivity contribution in [3.63, 3.8) is 0 Å². The zero-order valence-corrected chi connectivity index (χ0v) is 10.4. The predicted molar refractivity (Wildman–Crippen MR) is 64.5 cm³/mol. The molecule has 94 valence electrons. The molecule has 1 unspecified atom stereocenters. The maximum Gasteiger partial charge on any atom is 0.0771 e. The van der Waals surface area contributed by atoms with E-state index in [9.17, 15) is 5.11 Å². The van der Waals surface area contributed by atoms with Crippen molar-refractivity contribution in [1.82, 2.24) is 5.32 Å². The minimum absolute atomic E-state index is 0.0748. The second-order valence-electron chi connectivity index (χ2n) is 5.86. The largest absolute Gasteiger partial charge is 0.389 e. The van der Waals surface area contributed by atoms with Crippen molar-refractivity contribution >= 4 is 0 Å². The molecule has 3 heteroatoms. The summed E-state index contributed by atoms with van der Waals surface area (Å²) in [5, 5.41) is 13.9. The van der Waals surface area contributed by atoms with Crippen LogP contribution in [0.5, 0.6) is 0 Å². The first-order chi connectivity index (χ1) is 7.62. The van der Waals surface area contributed by atoms with Crippen LogP contribution in [0.1, 0.15) is 51.9 Å². The van der Waals surface area contributed by atoms with Gasteiger partial charge in [0.05, 0.1) is 12.2 Å². The number of rotatable bonds is 3. The predicted octanol–water partition coefficient (Wildman–Crippen LogP) is 1.84. The van der Waals surface area contributed by atoms with Gasteiger partial charge in [0.15, 0.2) is 0 Å². The van der Waals surface area contributed by atoms with E-state index in [0.29, 0.717) is 0 Å². The van der Waals surface area contributed by atoms with Crippen LogP contribution in [0, 0.1) is 0 Å². The van der Waals surface area contributed by atoms with Gasteiger partial charge >= 0.3 is 0 Å². The molecule has 1 heterocycles. The minimum atomic E-state index is -0.460. The van der Waals surface area contributed by atoms with Gasteiger partial charge in [-0.1, -0.05) is 19.3 Å². The lowest BCUT2D eigenvalue weighted by Gasteiger charge is -2.39. The Bertz CT molecular complexity index is 194. The van der Waals surface area contributed by atoms with Crippen molar-refractivity contribution in [2.75, 3.05) is 19.8 Å². The fourth-order valence-electron chi connectivity index (χ4n) is 2.84. The Balaban J connectivity index is 1.80. The molecule has 2 fully saturated rings. The zero-order valence-electron chi connectivity index (χ0n) is 10.4. The maximum absolute atomic E-state index is 10.4. The van der Waals surface area contributed by atoms with Gasteiger partial charge in [-0.3, -0.25) is 0 Å². The molecule has 3 nitrogen and oxygen atoms in total. The summed E-state index contributed by atoms with van der Waals surface area (Å²) in [6, 6.07) is 0. The Morgan fingerprint density at radius 2 is 1.88 bits per heavy atom. The smallest absolute Gasteiger partial charge is 0.0771 e. The third kappa shape index (κ3) is 3.19. The summed E-state index contributed by atoms with van der Waals surface area (Å²) in [6.45, 7) is 4.61. The Morgan fingerprint density at radius 3 is 2.50 bits per heavy atom. The lowest BCUT2D eigenvalue weighted by molar-refractivity contribution is -0.0206. The van der Waals surface area contributed by atoms with E-state index in [0.717, 1.165) is 45.4 Å². The van der Waals surface area contributed by atoms with Gasteiger partial charge in [-0.15, -0.1) is 0 Å². The highest BCUT2D eigenvalue weighted by atomic mass is 16.5. The van der Waals surface area contributed by atoms with E-state index in [4.69, 9.17) is 4.74 Å². The van der Waals surface area contributed by atoms with E-state index in [1.54, 1.807) is 0 Å². The van der Waals surface area contributed by atoms with Gasteiger partial charge in [0.1, 0.15) is 0 Å². The van der Waals surface area contributed by atoms with Crippen LogP contribution >= 0.6 is 0 Å². The van der Waals surface area contributed by atoms with Gasteiger partial charge in [-0.2, -0.15) is 0 Å². The monoisotopic (exact) mass is 227 g/mol. The van der Waals surface area contributed by atoms with Crippen LogP contribution < -0.4 is 5.32 Å². The van der Waals surface area contributed by atoms with Gasteiger partial charge in [0.25, 0.3) is 0 Å². The molecule has 1 saturated heterocycles. The van der Waals surface area contributed by atoms with Crippen molar-refractivity contribution in [3.8, 4) is 0 Å². The summed E-state index contributed by atoms with van der Waals surface area (Å²) >= 11 is 0. The lowest BCUT2D eigenvalue weighted by Crippen LogP contribution is -2.54. The normalized spacial score (nSPS) is 34.9. The quantitative estimate of drug-likeness (QED) is 0.773. The summed E-state index contributed by atoms with van der Waals surface area (Å²) in [7, 11) is 0. The van der Waals surface area contributed by atoms with Crippen LogP contribution in [-0.4, -0.2) is 36.0 Å². The van der Waals surface area contributed by atoms with Gasteiger partial charge < -0.3 is 15.2 Å². The van der Waals surface area contributed by atoms with Crippen LogP contribution in [0.3, 0.4) is 0 Å². The summed E-state index contributed by atoms with van der Waals surface area (Å²) in [5.41, 5.74) is -0.385. The van der Waals surface area contributed by atoms with E-state index < -0.39 is 5.60 Å². The van der Waals surface area contributed by atoms with Gasteiger partial charge in [0, 0.05) is 18.7 Å². The highest BCUT2D eigenvalue weighted by Gasteiger charge is 2.33. The van der Waals surface area contributed by atoms with Crippen molar-refractivity contribution in [2.45, 2.75) is 63.0 Å². The first-order valence-corrected chi connectivity index (χ1v) is 6.67. The van der Waals surface area contributed by atoms with Crippen LogP contribution in [0.25, 0.3) is 0 Å². The highest BCUT2D eigenvalue weighted by Crippen LogP contribution is 2.28. The molecule has 2 rings (SSSR count). The number of β-amino-alcohol motifs (C(OH)–C–C–N with tert-alkyl or cyclic N) is 1. The second kappa shape index (κ2) is 5.03. The van der Waals surface area contributed by atoms with Crippen LogP contribution in [0.15, 0.2) is 0 Å². The molecule has 0 amide bonds. The van der Waals surface area contributed by atoms with E-state index in [1.165, 1.54) is 19.3 Å². The van der Waals surface area contributed by atoms with Gasteiger partial charge in [0.2, 0.25) is 0 Å². The highest BCUT2D eigenvalue weighted by molar-refractivity contribution is 4.91. The molecule has 2 aliphatic rings. The molecule has 1 saturated carbocycles. The average Bonchev–Trinajstić information content (AvgIpc) is 2.29. The molecule has 0 radical (unpaired) electrons. The first-order valence-electron chi connectivity index (χ1n) is 6.67. The minimum Gasteiger partial charge on any atom is -0.389 e. The van der Waals surface area contributed by atoms with E-state index in [-0.39, 0.29) is 5.54 Å². The molecule has 0 spiro atoms. The number of hydrogen-bond donors (Lipinski definition) is 2. The lowest BCUT2D eigenvalue weighted by atomic mass is 9.83. The number of aliphatic hydroxyl groups is 1. The van der Waals surface area contributed by atoms with E-state index >= 15 is 0 Å². The molecule has 0 aromatic heterocycles. The average molecular weight is 227 g/mol. The Kier molecular flexibility index (Phi) is 3.88. The van der Waals surface area contributed by atoms with Gasteiger partial charge in [-0.25, -0.2) is 0 Å². The number of nitrogens with one attached hydrogen (secondary N) is 1. The maximum atomic E-state index is 10.4. The molecule has 1 aliphatic heterocycles. The Morgan fingerprint density at radius 1 is 1.12 bits per heavy atom. The van der Waals surface area contributed by atoms with Crippen LogP contribution in [0.4, 0.5) is 0 Å². The van der Waals surface area contributed by atoms with Crippen LogP contribution in [-0.2, 0) is 4.74 Å². The standard InChI is InChI=1S/C13H25NO2/c1-12(6-5-9-16-11-12)14-10-13(15)7-3-2-4-8-13/h14-15H,2-11H2,1H3. The second-order valence-corrected chi connectivity index (χ2v) is 5.86. The molecule has 2 N–H and O–H groups in total. The summed E-state index contributed by atoms with van der Waals surface area (Å²) in [6.07, 6.45) is 7.82. The summed E-state index contributed by atoms with van der Waals surface area (Å²) < 4.78 is 5.51. The summed E-state index contributed by atoms with van der Waals surface area (Å²) in [4.78, 5) is 0. The van der Waals surface area contributed by atoms with Crippen molar-refractivity contribution < 1.29 is 9.84 Å². The van der Waals surface area contributed by atoms with E-state index in [1.807, 2.05) is 0 Å². The summed E-state index contributed by atoms with van der Waals surface area (Å²) in [5.74, 6) is 0. The molecule has 0 bridgehead atoms. The topological polar surface area (TPSA) is 41.5 Å². The molecular weight excluding hydrogens is 202 g/mol. The third-order valence-corrected chi connectivity index (χ3v) is 4.07. The zero-order chi connectivity index (χ0) is 11.5. The van der Waals surface area contributed by atoms with Gasteiger partial charge in [-0.05, 0) is 32.6 Å². The molecular formula is C13H25NO2. The van der Waals surface area contributed by atoms with Crippen molar-refractivity contribution in [3.05, 3.63) is 0 Å². The number of ether oxygens (including phenoxy) is 1. The first kappa shape index (κ1) is 12.3. The Labute approximate surface area is 98.6 Å². The fourth-order valence-corrected chi connectivity index (χ4v) is 2.84. The molecule has 0 aromatic carbocycles. The molecule has 0 aromatic rings. The Hall–Kier alpha value is -0.120. The molecule has 1 aliphatic carbocycles. The van der Waals surface area contributed by atoms with Crippen LogP contribution in [0.2, 0.25) is 0 Å². The molecule has 16 heavy (non-hydrogen) atoms. The molecule has 1 atom stereocenters.